The lowest BCUT2D eigenvalue weighted by Crippen LogP contribution is -2.16. The van der Waals surface area contributed by atoms with Crippen molar-refractivity contribution in [3.8, 4) is 16.9 Å². The average molecular weight is 526 g/mol. The second kappa shape index (κ2) is 10.4. The van der Waals surface area contributed by atoms with Gasteiger partial charge >= 0.3 is 6.18 Å². The molecule has 0 atom stereocenters. The number of aryl methyl sites for hydroxylation is 3. The first-order valence-electron chi connectivity index (χ1n) is 12.3. The topological polar surface area (TPSA) is 90.5 Å². The van der Waals surface area contributed by atoms with Gasteiger partial charge in [0, 0.05) is 30.2 Å². The van der Waals surface area contributed by atoms with Gasteiger partial charge in [-0.25, -0.2) is 4.68 Å². The Kier molecular flexibility index (Phi) is 7.39. The highest BCUT2D eigenvalue weighted by Crippen LogP contribution is 2.36. The van der Waals surface area contributed by atoms with Crippen molar-refractivity contribution >= 4 is 11.6 Å². The number of rotatable bonds is 7. The molecule has 0 spiro atoms. The number of anilines is 1. The minimum Gasteiger partial charge on any atom is -0.322 e. The average Bonchev–Trinajstić information content (AvgIpc) is 3.45. The first-order chi connectivity index (χ1) is 17.8. The molecular formula is C27H30F3N7O. The third kappa shape index (κ3) is 5.61. The summed E-state index contributed by atoms with van der Waals surface area (Å²) in [4.78, 5) is 17.4. The van der Waals surface area contributed by atoms with Gasteiger partial charge < -0.3 is 5.32 Å². The summed E-state index contributed by atoms with van der Waals surface area (Å²) in [5, 5.41) is 15.3. The molecule has 0 aliphatic carbocycles. The normalized spacial score (nSPS) is 11.8. The molecule has 0 saturated heterocycles. The Morgan fingerprint density at radius 1 is 1.11 bits per heavy atom. The van der Waals surface area contributed by atoms with E-state index in [1.54, 1.807) is 36.1 Å². The van der Waals surface area contributed by atoms with Gasteiger partial charge in [0.2, 0.25) is 0 Å². The first kappa shape index (κ1) is 27.0. The maximum atomic E-state index is 13.8. The third-order valence-electron chi connectivity index (χ3n) is 6.64. The van der Waals surface area contributed by atoms with E-state index in [0.717, 1.165) is 23.7 Å². The lowest BCUT2D eigenvalue weighted by molar-refractivity contribution is -0.138. The summed E-state index contributed by atoms with van der Waals surface area (Å²) in [6.45, 7) is 9.19. The number of carbonyl (C=O) groups is 1. The van der Waals surface area contributed by atoms with Crippen LogP contribution in [0.1, 0.15) is 58.7 Å². The number of hydrogen-bond acceptors (Lipinski definition) is 5. The standard InChI is InChI=1S/C27H30F3N7O/c1-15(2)7-8-19-9-21(11-23(16(19)3)27(28,29)30)33-26(38)20-10-25(17(4)31-12-20)37-14-24(34-35-37)22-13-32-36(6)18(22)5/h9-15H,7-8H2,1-6H3,(H,33,38). The Morgan fingerprint density at radius 2 is 1.84 bits per heavy atom. The fourth-order valence-electron chi connectivity index (χ4n) is 4.18. The van der Waals surface area contributed by atoms with E-state index in [9.17, 15) is 18.0 Å². The van der Waals surface area contributed by atoms with Crippen molar-refractivity contribution < 1.29 is 18.0 Å². The maximum Gasteiger partial charge on any atom is 0.416 e. The predicted octanol–water partition coefficient (Wildman–Crippen LogP) is 5.85. The number of carbonyl (C=O) groups excluding carboxylic acids is 1. The van der Waals surface area contributed by atoms with Gasteiger partial charge in [-0.3, -0.25) is 14.5 Å². The predicted molar refractivity (Wildman–Crippen MR) is 138 cm³/mol. The molecule has 8 nitrogen and oxygen atoms in total. The van der Waals surface area contributed by atoms with Gasteiger partial charge in [0.25, 0.3) is 5.91 Å². The molecule has 0 aliphatic rings. The van der Waals surface area contributed by atoms with E-state index in [1.165, 1.54) is 17.8 Å². The Morgan fingerprint density at radius 3 is 2.47 bits per heavy atom. The van der Waals surface area contributed by atoms with Gasteiger partial charge in [-0.1, -0.05) is 19.1 Å². The molecule has 1 aromatic carbocycles. The molecule has 3 heterocycles. The van der Waals surface area contributed by atoms with E-state index in [1.807, 2.05) is 27.8 Å². The molecule has 0 aliphatic heterocycles. The van der Waals surface area contributed by atoms with Gasteiger partial charge in [-0.2, -0.15) is 18.3 Å². The molecule has 3 aromatic heterocycles. The summed E-state index contributed by atoms with van der Waals surface area (Å²) in [6.07, 6.45) is 1.48. The lowest BCUT2D eigenvalue weighted by atomic mass is 9.94. The van der Waals surface area contributed by atoms with E-state index < -0.39 is 17.6 Å². The smallest absolute Gasteiger partial charge is 0.322 e. The molecule has 0 radical (unpaired) electrons. The zero-order valence-electron chi connectivity index (χ0n) is 22.2. The van der Waals surface area contributed by atoms with Crippen LogP contribution in [0, 0.1) is 26.7 Å². The highest BCUT2D eigenvalue weighted by atomic mass is 19.4. The summed E-state index contributed by atoms with van der Waals surface area (Å²) < 4.78 is 44.5. The van der Waals surface area contributed by atoms with Crippen LogP contribution in [0.5, 0.6) is 0 Å². The van der Waals surface area contributed by atoms with Crippen LogP contribution in [0.15, 0.2) is 36.8 Å². The van der Waals surface area contributed by atoms with Crippen molar-refractivity contribution in [2.75, 3.05) is 5.32 Å². The van der Waals surface area contributed by atoms with Crippen molar-refractivity contribution in [1.82, 2.24) is 29.8 Å². The Bertz CT molecular complexity index is 1480. The number of pyridine rings is 1. The number of aromatic nitrogens is 6. The summed E-state index contributed by atoms with van der Waals surface area (Å²) >= 11 is 0. The van der Waals surface area contributed by atoms with Gasteiger partial charge in [0.1, 0.15) is 5.69 Å². The van der Waals surface area contributed by atoms with Gasteiger partial charge in [-0.05, 0) is 68.9 Å². The van der Waals surface area contributed by atoms with Crippen LogP contribution >= 0.6 is 0 Å². The van der Waals surface area contributed by atoms with Crippen molar-refractivity contribution in [2.24, 2.45) is 13.0 Å². The lowest BCUT2D eigenvalue weighted by Gasteiger charge is -2.18. The SMILES string of the molecule is Cc1ncc(C(=O)Nc2cc(CCC(C)C)c(C)c(C(F)(F)F)c2)cc1-n1cc(-c2cnn(C)c2C)nn1. The Labute approximate surface area is 218 Å². The zero-order chi connectivity index (χ0) is 27.8. The van der Waals surface area contributed by atoms with Crippen molar-refractivity contribution in [3.63, 3.8) is 0 Å². The van der Waals surface area contributed by atoms with Crippen molar-refractivity contribution in [2.45, 2.75) is 53.6 Å². The number of nitrogens with one attached hydrogen (secondary N) is 1. The summed E-state index contributed by atoms with van der Waals surface area (Å²) in [5.41, 5.74) is 3.74. The van der Waals surface area contributed by atoms with Crippen LogP contribution in [0.4, 0.5) is 18.9 Å². The Hall–Kier alpha value is -4.02. The highest BCUT2D eigenvalue weighted by molar-refractivity contribution is 6.04. The largest absolute Gasteiger partial charge is 0.416 e. The molecule has 0 unspecified atom stereocenters. The zero-order valence-corrected chi connectivity index (χ0v) is 22.2. The molecule has 38 heavy (non-hydrogen) atoms. The van der Waals surface area contributed by atoms with Crippen LogP contribution < -0.4 is 5.32 Å². The number of nitrogens with zero attached hydrogens (tertiary/aromatic N) is 6. The van der Waals surface area contributed by atoms with Crippen LogP contribution in [0.25, 0.3) is 16.9 Å². The third-order valence-corrected chi connectivity index (χ3v) is 6.64. The summed E-state index contributed by atoms with van der Waals surface area (Å²) in [6, 6.07) is 4.19. The van der Waals surface area contributed by atoms with E-state index in [2.05, 4.69) is 25.7 Å². The molecule has 0 bridgehead atoms. The van der Waals surface area contributed by atoms with Gasteiger partial charge in [-0.15, -0.1) is 5.10 Å². The second-order valence-electron chi connectivity index (χ2n) is 9.84. The number of amides is 1. The van der Waals surface area contributed by atoms with Crippen molar-refractivity contribution in [3.05, 3.63) is 70.4 Å². The molecule has 0 saturated carbocycles. The minimum absolute atomic E-state index is 0.0869. The minimum atomic E-state index is -4.53. The highest BCUT2D eigenvalue weighted by Gasteiger charge is 2.34. The molecule has 4 rings (SSSR count). The first-order valence-corrected chi connectivity index (χ1v) is 12.3. The summed E-state index contributed by atoms with van der Waals surface area (Å²) in [7, 11) is 1.83. The fraction of sp³-hybridized carbons (Fsp3) is 0.370. The monoisotopic (exact) mass is 525 g/mol. The van der Waals surface area contributed by atoms with Gasteiger partial charge in [0.05, 0.1) is 34.9 Å². The number of halogens is 3. The van der Waals surface area contributed by atoms with E-state index in [4.69, 9.17) is 0 Å². The molecule has 1 amide bonds. The molecule has 1 N–H and O–H groups in total. The fourth-order valence-corrected chi connectivity index (χ4v) is 4.18. The molecule has 0 fully saturated rings. The van der Waals surface area contributed by atoms with Gasteiger partial charge in [0.15, 0.2) is 0 Å². The van der Waals surface area contributed by atoms with E-state index in [-0.39, 0.29) is 16.8 Å². The number of benzene rings is 1. The van der Waals surface area contributed by atoms with Crippen LogP contribution in [-0.4, -0.2) is 35.7 Å². The van der Waals surface area contributed by atoms with Crippen molar-refractivity contribution in [1.29, 1.82) is 0 Å². The molecular weight excluding hydrogens is 495 g/mol. The van der Waals surface area contributed by atoms with Crippen LogP contribution in [-0.2, 0) is 19.6 Å². The molecule has 11 heteroatoms. The summed E-state index contributed by atoms with van der Waals surface area (Å²) in [5.74, 6) is -0.243. The Balaban J connectivity index is 1.64. The van der Waals surface area contributed by atoms with E-state index in [0.29, 0.717) is 35.0 Å². The molecule has 200 valence electrons. The quantitative estimate of drug-likeness (QED) is 0.327. The van der Waals surface area contributed by atoms with Crippen LogP contribution in [0.3, 0.4) is 0 Å². The maximum absolute atomic E-state index is 13.8. The second-order valence-corrected chi connectivity index (χ2v) is 9.84. The molecule has 4 aromatic rings. The van der Waals surface area contributed by atoms with Crippen LogP contribution in [0.2, 0.25) is 0 Å². The number of alkyl halides is 3. The number of hydrogen-bond donors (Lipinski definition) is 1. The van der Waals surface area contributed by atoms with E-state index >= 15 is 0 Å².